The zero-order valence-corrected chi connectivity index (χ0v) is 16.8. The first-order chi connectivity index (χ1) is 12.9. The number of sulfone groups is 1. The molecule has 0 aliphatic heterocycles. The van der Waals surface area contributed by atoms with Crippen LogP contribution < -0.4 is 0 Å². The maximum atomic E-state index is 12.5. The third kappa shape index (κ3) is 4.77. The number of carbonyl (C=O) groups excluding carboxylic acids is 1. The maximum absolute atomic E-state index is 12.5. The van der Waals surface area contributed by atoms with Gasteiger partial charge in [0.05, 0.1) is 10.6 Å². The molecule has 1 aromatic heterocycles. The van der Waals surface area contributed by atoms with E-state index in [0.717, 1.165) is 0 Å². The number of halogens is 1. The average molecular weight is 422 g/mol. The molecule has 0 spiro atoms. The lowest BCUT2D eigenvalue weighted by atomic mass is 10.1. The van der Waals surface area contributed by atoms with E-state index in [0.29, 0.717) is 21.6 Å². The summed E-state index contributed by atoms with van der Waals surface area (Å²) in [4.78, 5) is 12.5. The molecule has 0 aliphatic carbocycles. The number of thioether (sulfide) groups is 1. The van der Waals surface area contributed by atoms with Gasteiger partial charge in [-0.15, -0.1) is 10.2 Å². The Balaban J connectivity index is 1.68. The first-order valence-corrected chi connectivity index (χ1v) is 11.0. The number of ketones is 1. The predicted octanol–water partition coefficient (Wildman–Crippen LogP) is 3.42. The van der Waals surface area contributed by atoms with E-state index >= 15 is 0 Å². The molecule has 0 radical (unpaired) electrons. The van der Waals surface area contributed by atoms with Crippen molar-refractivity contribution in [2.75, 3.05) is 5.75 Å². The van der Waals surface area contributed by atoms with E-state index in [4.69, 9.17) is 11.6 Å². The molecule has 0 aliphatic rings. The van der Waals surface area contributed by atoms with Gasteiger partial charge < -0.3 is 4.57 Å². The second-order valence-electron chi connectivity index (χ2n) is 5.75. The van der Waals surface area contributed by atoms with Gasteiger partial charge in [-0.25, -0.2) is 8.42 Å². The fraction of sp³-hybridized carbons (Fsp3) is 0.167. The molecule has 0 fully saturated rings. The third-order valence-corrected chi connectivity index (χ3v) is 6.75. The van der Waals surface area contributed by atoms with E-state index in [1.54, 1.807) is 66.2 Å². The van der Waals surface area contributed by atoms with Crippen LogP contribution in [0.4, 0.5) is 0 Å². The lowest BCUT2D eigenvalue weighted by Gasteiger charge is -2.05. The fourth-order valence-electron chi connectivity index (χ4n) is 2.33. The van der Waals surface area contributed by atoms with Gasteiger partial charge in [-0.1, -0.05) is 41.6 Å². The van der Waals surface area contributed by atoms with E-state index in [2.05, 4.69) is 10.2 Å². The number of aromatic nitrogens is 3. The second kappa shape index (κ2) is 8.24. The molecule has 9 heteroatoms. The van der Waals surface area contributed by atoms with Crippen molar-refractivity contribution in [2.24, 2.45) is 7.05 Å². The highest BCUT2D eigenvalue weighted by molar-refractivity contribution is 7.99. The summed E-state index contributed by atoms with van der Waals surface area (Å²) >= 11 is 7.03. The number of hydrogen-bond acceptors (Lipinski definition) is 6. The minimum Gasteiger partial charge on any atom is -0.308 e. The minimum atomic E-state index is -3.51. The molecule has 6 nitrogen and oxygen atoms in total. The molecule has 2 aromatic carbocycles. The zero-order chi connectivity index (χ0) is 19.4. The molecule has 140 valence electrons. The van der Waals surface area contributed by atoms with Crippen LogP contribution in [0.15, 0.2) is 64.6 Å². The van der Waals surface area contributed by atoms with Gasteiger partial charge in [-0.2, -0.15) is 0 Å². The summed E-state index contributed by atoms with van der Waals surface area (Å²) in [5, 5.41) is 9.03. The topological polar surface area (TPSA) is 81.9 Å². The van der Waals surface area contributed by atoms with Gasteiger partial charge in [0.1, 0.15) is 11.6 Å². The Morgan fingerprint density at radius 1 is 1.07 bits per heavy atom. The van der Waals surface area contributed by atoms with Gasteiger partial charge in [0.15, 0.2) is 20.8 Å². The zero-order valence-electron chi connectivity index (χ0n) is 14.4. The molecule has 1 heterocycles. The Morgan fingerprint density at radius 2 is 1.74 bits per heavy atom. The summed E-state index contributed by atoms with van der Waals surface area (Å²) < 4.78 is 26.6. The number of rotatable bonds is 7. The number of Topliss-reactive ketones (excluding diaryl/α,β-unsaturated/α-hetero) is 1. The van der Waals surface area contributed by atoms with Crippen molar-refractivity contribution >= 4 is 39.0 Å². The smallest absolute Gasteiger partial charge is 0.191 e. The SMILES string of the molecule is Cn1c(CS(=O)(=O)c2ccccc2)nnc1SCC(=O)c1ccc(Cl)cc1. The highest BCUT2D eigenvalue weighted by Gasteiger charge is 2.20. The van der Waals surface area contributed by atoms with Gasteiger partial charge in [-0.05, 0) is 36.4 Å². The number of carbonyl (C=O) groups is 1. The highest BCUT2D eigenvalue weighted by Crippen LogP contribution is 2.21. The third-order valence-electron chi connectivity index (χ3n) is 3.85. The number of benzene rings is 2. The minimum absolute atomic E-state index is 0.0712. The van der Waals surface area contributed by atoms with Crippen molar-refractivity contribution in [3.05, 3.63) is 71.0 Å². The first-order valence-electron chi connectivity index (χ1n) is 7.94. The molecular formula is C18H16ClN3O3S2. The summed E-state index contributed by atoms with van der Waals surface area (Å²) in [6, 6.07) is 14.9. The molecule has 0 bridgehead atoms. The Morgan fingerprint density at radius 3 is 2.41 bits per heavy atom. The van der Waals surface area contributed by atoms with Crippen molar-refractivity contribution in [2.45, 2.75) is 15.8 Å². The van der Waals surface area contributed by atoms with Crippen LogP contribution in [-0.2, 0) is 22.6 Å². The van der Waals surface area contributed by atoms with Gasteiger partial charge in [0.2, 0.25) is 0 Å². The number of nitrogens with zero attached hydrogens (tertiary/aromatic N) is 3. The Hall–Kier alpha value is -2.16. The van der Waals surface area contributed by atoms with Crippen LogP contribution in [0.3, 0.4) is 0 Å². The molecule has 27 heavy (non-hydrogen) atoms. The molecule has 3 rings (SSSR count). The molecular weight excluding hydrogens is 406 g/mol. The molecule has 0 amide bonds. The summed E-state index contributed by atoms with van der Waals surface area (Å²) in [5.74, 6) is 0.157. The van der Waals surface area contributed by atoms with Crippen molar-refractivity contribution in [1.29, 1.82) is 0 Å². The van der Waals surface area contributed by atoms with Crippen LogP contribution in [0.1, 0.15) is 16.2 Å². The quantitative estimate of drug-likeness (QED) is 0.429. The summed E-state index contributed by atoms with van der Waals surface area (Å²) in [5.41, 5.74) is 0.556. The summed E-state index contributed by atoms with van der Waals surface area (Å²) in [6.45, 7) is 0. The summed E-state index contributed by atoms with van der Waals surface area (Å²) in [6.07, 6.45) is 0. The van der Waals surface area contributed by atoms with Crippen molar-refractivity contribution in [1.82, 2.24) is 14.8 Å². The Bertz CT molecular complexity index is 1050. The average Bonchev–Trinajstić information content (AvgIpc) is 3.00. The lowest BCUT2D eigenvalue weighted by Crippen LogP contribution is -2.10. The highest BCUT2D eigenvalue weighted by atomic mass is 35.5. The monoisotopic (exact) mass is 421 g/mol. The van der Waals surface area contributed by atoms with E-state index in [9.17, 15) is 13.2 Å². The van der Waals surface area contributed by atoms with Crippen LogP contribution in [0.5, 0.6) is 0 Å². The van der Waals surface area contributed by atoms with Crippen LogP contribution in [0, 0.1) is 0 Å². The maximum Gasteiger partial charge on any atom is 0.191 e. The Labute approximate surface area is 166 Å². The molecule has 0 unspecified atom stereocenters. The molecule has 0 saturated carbocycles. The largest absolute Gasteiger partial charge is 0.308 e. The first kappa shape index (κ1) is 19.6. The van der Waals surface area contributed by atoms with Gasteiger partial charge in [0.25, 0.3) is 0 Å². The van der Waals surface area contributed by atoms with Crippen LogP contribution >= 0.6 is 23.4 Å². The molecule has 3 aromatic rings. The standard InChI is InChI=1S/C18H16ClN3O3S2/c1-22-17(12-27(24,25)15-5-3-2-4-6-15)20-21-18(22)26-11-16(23)13-7-9-14(19)10-8-13/h2-10H,11-12H2,1H3. The molecule has 0 atom stereocenters. The van der Waals surface area contributed by atoms with E-state index in [-0.39, 0.29) is 22.2 Å². The normalized spacial score (nSPS) is 11.5. The van der Waals surface area contributed by atoms with Crippen LogP contribution in [0.25, 0.3) is 0 Å². The van der Waals surface area contributed by atoms with Crippen molar-refractivity contribution in [3.63, 3.8) is 0 Å². The number of hydrogen-bond donors (Lipinski definition) is 0. The van der Waals surface area contributed by atoms with Crippen LogP contribution in [-0.4, -0.2) is 34.7 Å². The van der Waals surface area contributed by atoms with Gasteiger partial charge in [0, 0.05) is 17.6 Å². The van der Waals surface area contributed by atoms with Gasteiger partial charge >= 0.3 is 0 Å². The summed E-state index contributed by atoms with van der Waals surface area (Å²) in [7, 11) is -1.83. The van der Waals surface area contributed by atoms with Crippen molar-refractivity contribution < 1.29 is 13.2 Å². The predicted molar refractivity (Wildman–Crippen MR) is 105 cm³/mol. The van der Waals surface area contributed by atoms with E-state index in [1.807, 2.05) is 0 Å². The van der Waals surface area contributed by atoms with E-state index in [1.165, 1.54) is 11.8 Å². The molecule has 0 saturated heterocycles. The van der Waals surface area contributed by atoms with Gasteiger partial charge in [-0.3, -0.25) is 4.79 Å². The van der Waals surface area contributed by atoms with E-state index < -0.39 is 9.84 Å². The van der Waals surface area contributed by atoms with Crippen LogP contribution in [0.2, 0.25) is 5.02 Å². The Kier molecular flexibility index (Phi) is 5.98. The lowest BCUT2D eigenvalue weighted by molar-refractivity contribution is 0.102. The fourth-order valence-corrected chi connectivity index (χ4v) is 4.61. The van der Waals surface area contributed by atoms with Crippen molar-refractivity contribution in [3.8, 4) is 0 Å². The molecule has 0 N–H and O–H groups in total. The second-order valence-corrected chi connectivity index (χ2v) is 9.12.